The summed E-state index contributed by atoms with van der Waals surface area (Å²) in [7, 11) is 5.79. The summed E-state index contributed by atoms with van der Waals surface area (Å²) in [6, 6.07) is 14.2. The topological polar surface area (TPSA) is 40.5 Å². The molecule has 90 valence electrons. The van der Waals surface area contributed by atoms with Gasteiger partial charge in [-0.15, -0.1) is 0 Å². The highest BCUT2D eigenvalue weighted by Gasteiger charge is 2.22. The zero-order valence-electron chi connectivity index (χ0n) is 9.62. The van der Waals surface area contributed by atoms with E-state index in [1.165, 1.54) is 0 Å². The van der Waals surface area contributed by atoms with E-state index < -0.39 is 12.2 Å². The molecule has 2 radical (unpaired) electrons. The first-order valence-electron chi connectivity index (χ1n) is 5.56. The average Bonchev–Trinajstić information content (AvgIpc) is 2.38. The molecule has 0 aromatic heterocycles. The minimum absolute atomic E-state index is 0.469. The van der Waals surface area contributed by atoms with Gasteiger partial charge in [0.05, 0.1) is 0 Å². The number of aliphatic hydroxyl groups excluding tert-OH is 2. The van der Waals surface area contributed by atoms with E-state index in [2.05, 4.69) is 15.9 Å². The number of benzene rings is 2. The molecule has 0 spiro atoms. The molecule has 2 unspecified atom stereocenters. The van der Waals surface area contributed by atoms with Gasteiger partial charge >= 0.3 is 0 Å². The Bertz CT molecular complexity index is 495. The average molecular weight is 303 g/mol. The van der Waals surface area contributed by atoms with E-state index in [4.69, 9.17) is 7.85 Å². The SMILES string of the molecule is [B]c1ccccc1C(O)C(O)c1ccccc1Br. The summed E-state index contributed by atoms with van der Waals surface area (Å²) in [6.07, 6.45) is -2.07. The van der Waals surface area contributed by atoms with Gasteiger partial charge in [-0.25, -0.2) is 0 Å². The highest BCUT2D eigenvalue weighted by atomic mass is 79.9. The Morgan fingerprint density at radius 2 is 1.33 bits per heavy atom. The molecule has 2 aromatic carbocycles. The van der Waals surface area contributed by atoms with E-state index in [1.807, 2.05) is 18.2 Å². The van der Waals surface area contributed by atoms with Crippen LogP contribution in [0.2, 0.25) is 0 Å². The zero-order chi connectivity index (χ0) is 13.1. The van der Waals surface area contributed by atoms with Crippen LogP contribution in [0.25, 0.3) is 0 Å². The third kappa shape index (κ3) is 2.66. The van der Waals surface area contributed by atoms with E-state index in [1.54, 1.807) is 30.3 Å². The van der Waals surface area contributed by atoms with Crippen LogP contribution in [0.3, 0.4) is 0 Å². The van der Waals surface area contributed by atoms with Gasteiger partial charge in [0.2, 0.25) is 0 Å². The lowest BCUT2D eigenvalue weighted by atomic mass is 9.85. The van der Waals surface area contributed by atoms with Gasteiger partial charge in [-0.2, -0.15) is 0 Å². The minimum atomic E-state index is -1.05. The molecule has 0 amide bonds. The van der Waals surface area contributed by atoms with E-state index in [-0.39, 0.29) is 0 Å². The van der Waals surface area contributed by atoms with Gasteiger partial charge < -0.3 is 10.2 Å². The zero-order valence-corrected chi connectivity index (χ0v) is 11.2. The molecule has 0 aliphatic heterocycles. The number of aliphatic hydroxyl groups is 2. The molecule has 0 aliphatic rings. The number of hydrogen-bond acceptors (Lipinski definition) is 2. The Hall–Kier alpha value is -1.10. The van der Waals surface area contributed by atoms with Gasteiger partial charge in [-0.05, 0) is 17.2 Å². The Labute approximate surface area is 116 Å². The van der Waals surface area contributed by atoms with Crippen molar-refractivity contribution in [2.24, 2.45) is 0 Å². The molecule has 0 bridgehead atoms. The van der Waals surface area contributed by atoms with Gasteiger partial charge in [0, 0.05) is 4.47 Å². The van der Waals surface area contributed by atoms with Gasteiger partial charge in [0.15, 0.2) is 0 Å². The molecule has 0 saturated heterocycles. The van der Waals surface area contributed by atoms with Crippen molar-refractivity contribution in [3.05, 3.63) is 64.1 Å². The predicted molar refractivity (Wildman–Crippen MR) is 75.9 cm³/mol. The van der Waals surface area contributed by atoms with Gasteiger partial charge in [0.1, 0.15) is 20.1 Å². The lowest BCUT2D eigenvalue weighted by Crippen LogP contribution is -2.19. The van der Waals surface area contributed by atoms with Crippen LogP contribution in [0.15, 0.2) is 53.0 Å². The summed E-state index contributed by atoms with van der Waals surface area (Å²) in [5.41, 5.74) is 1.63. The van der Waals surface area contributed by atoms with Crippen LogP contribution in [-0.4, -0.2) is 18.1 Å². The summed E-state index contributed by atoms with van der Waals surface area (Å²) in [5, 5.41) is 20.4. The standard InChI is InChI=1S/C14H12BBrO2/c15-11-7-3-1-5-9(11)13(17)14(18)10-6-2-4-8-12(10)16/h1-8,13-14,17-18H. The van der Waals surface area contributed by atoms with Gasteiger partial charge in [-0.3, -0.25) is 0 Å². The first-order valence-corrected chi connectivity index (χ1v) is 6.35. The van der Waals surface area contributed by atoms with Crippen LogP contribution in [0.1, 0.15) is 23.3 Å². The third-order valence-electron chi connectivity index (χ3n) is 2.84. The van der Waals surface area contributed by atoms with Crippen molar-refractivity contribution in [1.82, 2.24) is 0 Å². The monoisotopic (exact) mass is 302 g/mol. The Morgan fingerprint density at radius 3 is 1.94 bits per heavy atom. The van der Waals surface area contributed by atoms with Crippen molar-refractivity contribution in [1.29, 1.82) is 0 Å². The molecule has 0 heterocycles. The Kier molecular flexibility index (Phi) is 4.22. The van der Waals surface area contributed by atoms with Crippen molar-refractivity contribution in [3.63, 3.8) is 0 Å². The molecule has 2 nitrogen and oxygen atoms in total. The quantitative estimate of drug-likeness (QED) is 0.852. The molecule has 0 fully saturated rings. The molecular formula is C14H12BBrO2. The number of rotatable bonds is 3. The van der Waals surface area contributed by atoms with Crippen LogP contribution < -0.4 is 5.46 Å². The summed E-state index contributed by atoms with van der Waals surface area (Å²) in [5.74, 6) is 0. The van der Waals surface area contributed by atoms with Gasteiger partial charge in [0.25, 0.3) is 0 Å². The normalized spacial score (nSPS) is 14.2. The van der Waals surface area contributed by atoms with Crippen molar-refractivity contribution >= 4 is 29.2 Å². The first kappa shape index (κ1) is 13.3. The van der Waals surface area contributed by atoms with E-state index in [9.17, 15) is 10.2 Å². The second kappa shape index (κ2) is 5.70. The molecule has 2 aromatic rings. The molecule has 2 atom stereocenters. The van der Waals surface area contributed by atoms with E-state index >= 15 is 0 Å². The molecular weight excluding hydrogens is 291 g/mol. The maximum atomic E-state index is 10.2. The molecule has 18 heavy (non-hydrogen) atoms. The number of halogens is 1. The maximum Gasteiger partial charge on any atom is 0.114 e. The molecule has 2 rings (SSSR count). The maximum absolute atomic E-state index is 10.2. The van der Waals surface area contributed by atoms with Crippen molar-refractivity contribution < 1.29 is 10.2 Å². The van der Waals surface area contributed by atoms with Crippen LogP contribution in [-0.2, 0) is 0 Å². The third-order valence-corrected chi connectivity index (χ3v) is 3.56. The minimum Gasteiger partial charge on any atom is -0.385 e. The molecule has 4 heteroatoms. The second-order valence-corrected chi connectivity index (χ2v) is 4.89. The fraction of sp³-hybridized carbons (Fsp3) is 0.143. The smallest absolute Gasteiger partial charge is 0.114 e. The fourth-order valence-corrected chi connectivity index (χ4v) is 2.35. The van der Waals surface area contributed by atoms with Crippen LogP contribution in [0.4, 0.5) is 0 Å². The highest BCUT2D eigenvalue weighted by molar-refractivity contribution is 9.10. The summed E-state index contributed by atoms with van der Waals surface area (Å²) in [4.78, 5) is 0. The van der Waals surface area contributed by atoms with Crippen molar-refractivity contribution in [3.8, 4) is 0 Å². The lowest BCUT2D eigenvalue weighted by Gasteiger charge is -2.21. The summed E-state index contributed by atoms with van der Waals surface area (Å²) >= 11 is 3.35. The van der Waals surface area contributed by atoms with Crippen molar-refractivity contribution in [2.75, 3.05) is 0 Å². The largest absolute Gasteiger partial charge is 0.385 e. The Balaban J connectivity index is 2.33. The predicted octanol–water partition coefficient (Wildman–Crippen LogP) is 2.01. The van der Waals surface area contributed by atoms with E-state index in [0.29, 0.717) is 16.6 Å². The molecule has 2 N–H and O–H groups in total. The van der Waals surface area contributed by atoms with Gasteiger partial charge in [-0.1, -0.05) is 63.9 Å². The molecule has 0 saturated carbocycles. The summed E-state index contributed by atoms with van der Waals surface area (Å²) in [6.45, 7) is 0. The van der Waals surface area contributed by atoms with Crippen LogP contribution >= 0.6 is 15.9 Å². The molecule has 0 aliphatic carbocycles. The van der Waals surface area contributed by atoms with Crippen LogP contribution in [0.5, 0.6) is 0 Å². The highest BCUT2D eigenvalue weighted by Crippen LogP contribution is 2.31. The van der Waals surface area contributed by atoms with Crippen LogP contribution in [0, 0.1) is 0 Å². The summed E-state index contributed by atoms with van der Waals surface area (Å²) < 4.78 is 0.756. The second-order valence-electron chi connectivity index (χ2n) is 4.04. The van der Waals surface area contributed by atoms with Crippen molar-refractivity contribution in [2.45, 2.75) is 12.2 Å². The lowest BCUT2D eigenvalue weighted by molar-refractivity contribution is 0.0174. The first-order chi connectivity index (χ1) is 8.61. The fourth-order valence-electron chi connectivity index (χ4n) is 1.84. The van der Waals surface area contributed by atoms with E-state index in [0.717, 1.165) is 4.47 Å². The number of hydrogen-bond donors (Lipinski definition) is 2. The Morgan fingerprint density at radius 1 is 0.833 bits per heavy atom.